The minimum absolute atomic E-state index is 0. The van der Waals surface area contributed by atoms with Crippen LogP contribution in [-0.4, -0.2) is 15.4 Å². The zero-order chi connectivity index (χ0) is 7.21. The number of nitrogens with zero attached hydrogens (tertiary/aromatic N) is 1. The zero-order valence-corrected chi connectivity index (χ0v) is 6.93. The molecule has 0 aromatic carbocycles. The van der Waals surface area contributed by atoms with E-state index in [1.54, 1.807) is 7.11 Å². The van der Waals surface area contributed by atoms with E-state index in [2.05, 4.69) is 26.2 Å². The van der Waals surface area contributed by atoms with E-state index in [-0.39, 0.29) is 7.43 Å². The van der Waals surface area contributed by atoms with Gasteiger partial charge in [-0.2, -0.15) is 0 Å². The maximum atomic E-state index is 6.50. The molecule has 0 aromatic rings. The van der Waals surface area contributed by atoms with Gasteiger partial charge in [-0.15, -0.1) is 0 Å². The first-order chi connectivity index (χ1) is 3.56. The van der Waals surface area contributed by atoms with Crippen LogP contribution in [-0.2, 0) is 4.43 Å². The van der Waals surface area contributed by atoms with Gasteiger partial charge in [0.15, 0.2) is 8.32 Å². The third kappa shape index (κ3) is 34.6. The van der Waals surface area contributed by atoms with E-state index in [4.69, 9.17) is 9.69 Å². The average molecular weight is 147 g/mol. The Morgan fingerprint density at radius 1 is 1.22 bits per heavy atom. The molecular weight excluding hydrogens is 130 g/mol. The van der Waals surface area contributed by atoms with Crippen molar-refractivity contribution in [1.29, 1.82) is 5.26 Å². The van der Waals surface area contributed by atoms with Gasteiger partial charge in [-0.1, -0.05) is 7.43 Å². The Morgan fingerprint density at radius 2 is 1.33 bits per heavy atom. The molecule has 0 N–H and O–H groups in total. The minimum Gasteiger partial charge on any atom is -0.421 e. The first-order valence-corrected chi connectivity index (χ1v) is 5.78. The quantitative estimate of drug-likeness (QED) is 0.533. The van der Waals surface area contributed by atoms with Gasteiger partial charge in [0.2, 0.25) is 0 Å². The van der Waals surface area contributed by atoms with E-state index >= 15 is 0 Å². The van der Waals surface area contributed by atoms with Crippen LogP contribution < -0.4 is 0 Å². The summed E-state index contributed by atoms with van der Waals surface area (Å²) in [6.07, 6.45) is 0. The molecule has 0 fully saturated rings. The summed E-state index contributed by atoms with van der Waals surface area (Å²) in [5, 5.41) is 6.50. The summed E-state index contributed by atoms with van der Waals surface area (Å²) in [5.74, 6) is 0. The molecular formula is C6H17NOSi. The first-order valence-electron chi connectivity index (χ1n) is 2.37. The van der Waals surface area contributed by atoms with Crippen LogP contribution in [0.1, 0.15) is 7.43 Å². The van der Waals surface area contributed by atoms with Crippen molar-refractivity contribution < 1.29 is 4.43 Å². The molecule has 0 bridgehead atoms. The van der Waals surface area contributed by atoms with Crippen molar-refractivity contribution >= 4 is 8.32 Å². The molecule has 0 atom stereocenters. The fourth-order valence-electron chi connectivity index (χ4n) is 0. The van der Waals surface area contributed by atoms with Crippen LogP contribution in [0.2, 0.25) is 19.6 Å². The van der Waals surface area contributed by atoms with Crippen molar-refractivity contribution in [1.82, 2.24) is 0 Å². The predicted molar refractivity (Wildman–Crippen MR) is 43.8 cm³/mol. The SMILES string of the molecule is C.C#N.CO[Si](C)(C)C. The highest BCUT2D eigenvalue weighted by Gasteiger charge is 2.09. The molecule has 0 rings (SSSR count). The monoisotopic (exact) mass is 147 g/mol. The highest BCUT2D eigenvalue weighted by molar-refractivity contribution is 6.69. The Balaban J connectivity index is -0.000000109. The Morgan fingerprint density at radius 3 is 1.33 bits per heavy atom. The molecule has 0 amide bonds. The molecule has 0 aliphatic rings. The molecule has 0 unspecified atom stereocenters. The van der Waals surface area contributed by atoms with E-state index < -0.39 is 8.32 Å². The van der Waals surface area contributed by atoms with Crippen LogP contribution in [0.5, 0.6) is 0 Å². The molecule has 0 spiro atoms. The fourth-order valence-corrected chi connectivity index (χ4v) is 0. The summed E-state index contributed by atoms with van der Waals surface area (Å²) >= 11 is 0. The Labute approximate surface area is 59.6 Å². The molecule has 0 aliphatic heterocycles. The summed E-state index contributed by atoms with van der Waals surface area (Å²) in [6, 6.07) is 0. The zero-order valence-electron chi connectivity index (χ0n) is 5.93. The molecule has 9 heavy (non-hydrogen) atoms. The van der Waals surface area contributed by atoms with Gasteiger partial charge < -0.3 is 4.43 Å². The van der Waals surface area contributed by atoms with Crippen molar-refractivity contribution in [3.05, 3.63) is 0 Å². The number of nitriles is 1. The molecule has 0 radical (unpaired) electrons. The standard InChI is InChI=1S/C4H12OSi.CHN.CH4/c1-5-6(2,3)4;1-2;/h1-4H3;1H;1H4. The maximum absolute atomic E-state index is 6.50. The lowest BCUT2D eigenvalue weighted by Gasteiger charge is -2.10. The predicted octanol–water partition coefficient (Wildman–Crippen LogP) is 2.24. The van der Waals surface area contributed by atoms with E-state index in [9.17, 15) is 0 Å². The van der Waals surface area contributed by atoms with Crippen LogP contribution in [0, 0.1) is 11.8 Å². The molecule has 56 valence electrons. The van der Waals surface area contributed by atoms with Gasteiger partial charge in [-0.3, -0.25) is 0 Å². The third-order valence-corrected chi connectivity index (χ3v) is 1.84. The molecule has 3 heteroatoms. The van der Waals surface area contributed by atoms with Crippen molar-refractivity contribution in [3.8, 4) is 6.57 Å². The second kappa shape index (κ2) is 7.67. The van der Waals surface area contributed by atoms with Gasteiger partial charge in [0.25, 0.3) is 0 Å². The Hall–Kier alpha value is -0.333. The van der Waals surface area contributed by atoms with Crippen molar-refractivity contribution in [2.45, 2.75) is 27.1 Å². The fraction of sp³-hybridized carbons (Fsp3) is 0.833. The Bertz CT molecular complexity index is 65.2. The van der Waals surface area contributed by atoms with Gasteiger partial charge in [0.05, 0.1) is 0 Å². The van der Waals surface area contributed by atoms with Crippen LogP contribution in [0.15, 0.2) is 0 Å². The van der Waals surface area contributed by atoms with Crippen molar-refractivity contribution in [3.63, 3.8) is 0 Å². The molecule has 0 saturated heterocycles. The highest BCUT2D eigenvalue weighted by Crippen LogP contribution is 1.97. The van der Waals surface area contributed by atoms with Gasteiger partial charge in [-0.05, 0) is 19.6 Å². The summed E-state index contributed by atoms with van der Waals surface area (Å²) in [6.45, 7) is 9.98. The van der Waals surface area contributed by atoms with Gasteiger partial charge in [0, 0.05) is 13.7 Å². The van der Waals surface area contributed by atoms with Crippen molar-refractivity contribution in [2.75, 3.05) is 7.11 Å². The van der Waals surface area contributed by atoms with Crippen molar-refractivity contribution in [2.24, 2.45) is 0 Å². The lowest BCUT2D eigenvalue weighted by molar-refractivity contribution is 0.411. The first kappa shape index (κ1) is 15.9. The summed E-state index contributed by atoms with van der Waals surface area (Å²) in [4.78, 5) is 0. The third-order valence-electron chi connectivity index (χ3n) is 0.612. The second-order valence-corrected chi connectivity index (χ2v) is 6.95. The number of hydrogen-bond donors (Lipinski definition) is 0. The molecule has 0 aromatic heterocycles. The maximum Gasteiger partial charge on any atom is 0.183 e. The molecule has 0 saturated carbocycles. The van der Waals surface area contributed by atoms with E-state index in [0.29, 0.717) is 0 Å². The minimum atomic E-state index is -1.13. The van der Waals surface area contributed by atoms with Crippen LogP contribution in [0.25, 0.3) is 0 Å². The summed E-state index contributed by atoms with van der Waals surface area (Å²) in [7, 11) is 0.639. The lowest BCUT2D eigenvalue weighted by Crippen LogP contribution is -2.22. The number of rotatable bonds is 1. The van der Waals surface area contributed by atoms with Crippen LogP contribution in [0.3, 0.4) is 0 Å². The second-order valence-electron chi connectivity index (χ2n) is 2.32. The normalized spacial score (nSPS) is 8.22. The molecule has 2 nitrogen and oxygen atoms in total. The van der Waals surface area contributed by atoms with Gasteiger partial charge in [-0.25, -0.2) is 5.26 Å². The van der Waals surface area contributed by atoms with Gasteiger partial charge >= 0.3 is 0 Å². The van der Waals surface area contributed by atoms with Crippen LogP contribution in [0.4, 0.5) is 0 Å². The number of hydrogen-bond acceptors (Lipinski definition) is 2. The van der Waals surface area contributed by atoms with E-state index in [1.165, 1.54) is 0 Å². The largest absolute Gasteiger partial charge is 0.421 e. The van der Waals surface area contributed by atoms with E-state index in [1.807, 2.05) is 0 Å². The molecule has 0 heterocycles. The lowest BCUT2D eigenvalue weighted by atomic mass is 11.8. The highest BCUT2D eigenvalue weighted by atomic mass is 28.4. The smallest absolute Gasteiger partial charge is 0.183 e. The van der Waals surface area contributed by atoms with Crippen LogP contribution >= 0.6 is 0 Å². The summed E-state index contributed by atoms with van der Waals surface area (Å²) in [5.41, 5.74) is 0. The van der Waals surface area contributed by atoms with E-state index in [0.717, 1.165) is 0 Å². The topological polar surface area (TPSA) is 33.0 Å². The Kier molecular flexibility index (Phi) is 13.5. The average Bonchev–Trinajstić information content (AvgIpc) is 1.71. The van der Waals surface area contributed by atoms with Gasteiger partial charge in [0.1, 0.15) is 0 Å². The molecule has 0 aliphatic carbocycles. The summed E-state index contributed by atoms with van der Waals surface area (Å²) < 4.78 is 5.08.